The Hall–Kier alpha value is -4.67. The lowest BCUT2D eigenvalue weighted by Crippen LogP contribution is -2.55. The number of alkyl carbamates (subject to hydrolysis) is 1. The zero-order chi connectivity index (χ0) is 40.0. The van der Waals surface area contributed by atoms with Gasteiger partial charge < -0.3 is 25.0 Å². The molecule has 57 heavy (non-hydrogen) atoms. The second-order valence-corrected chi connectivity index (χ2v) is 18.5. The number of nitrogens with zero attached hydrogens (tertiary/aromatic N) is 3. The summed E-state index contributed by atoms with van der Waals surface area (Å²) in [7, 11) is -3.96. The van der Waals surface area contributed by atoms with Gasteiger partial charge in [-0.1, -0.05) is 49.6 Å². The molecule has 14 nitrogen and oxygen atoms in total. The van der Waals surface area contributed by atoms with Crippen LogP contribution in [0.4, 0.5) is 13.6 Å². The largest absolute Gasteiger partial charge is 0.470 e. The molecule has 3 saturated carbocycles. The first-order valence-electron chi connectivity index (χ1n) is 20.0. The van der Waals surface area contributed by atoms with Gasteiger partial charge in [-0.05, 0) is 82.4 Å². The fourth-order valence-electron chi connectivity index (χ4n) is 8.50. The standard InChI is InChI=1S/C40H48F2N6O8S/c41-40(42)20-9-8-17-38(18-10-19-38)24-55-37(52)45-30-14-5-3-1-2-4-11-25-21-39(25,36(51)47-57(53,54)26-15-16-26)46-33(49)27-22-48(35(30)50)23-31(27)56-34-32(40)43-28-12-6-7-13-29(28)44-34/h4,6-7,9,11-13,20,25-27,30-31H,1-3,5,8,10,14-19,21-24H2,(H,45,52)(H,46,49)(H,47,51)/b11-4+,20-9+/t25-,27?,30+,31+,39+/m1/s1. The van der Waals surface area contributed by atoms with Crippen LogP contribution in [-0.2, 0) is 35.1 Å². The van der Waals surface area contributed by atoms with E-state index in [4.69, 9.17) is 9.47 Å². The summed E-state index contributed by atoms with van der Waals surface area (Å²) in [6.07, 6.45) is 11.1. The minimum absolute atomic E-state index is 0.0801. The number of fused-ring (bicyclic) bond motifs is 7. The predicted octanol–water partition coefficient (Wildman–Crippen LogP) is 4.55. The number of alkyl halides is 2. The third kappa shape index (κ3) is 8.21. The van der Waals surface area contributed by atoms with Crippen molar-refractivity contribution < 1.29 is 45.9 Å². The quantitative estimate of drug-likeness (QED) is 0.372. The van der Waals surface area contributed by atoms with Gasteiger partial charge in [0, 0.05) is 17.9 Å². The molecule has 1 saturated heterocycles. The Balaban J connectivity index is 1.17. The first-order chi connectivity index (χ1) is 27.3. The van der Waals surface area contributed by atoms with Gasteiger partial charge in [-0.25, -0.2) is 23.2 Å². The first kappa shape index (κ1) is 39.2. The third-order valence-corrected chi connectivity index (χ3v) is 14.2. The van der Waals surface area contributed by atoms with Crippen molar-refractivity contribution in [3.05, 3.63) is 54.3 Å². The number of aromatic nitrogens is 2. The maximum atomic E-state index is 16.3. The molecule has 4 fully saturated rings. The van der Waals surface area contributed by atoms with Crippen molar-refractivity contribution in [2.45, 2.75) is 112 Å². The zero-order valence-electron chi connectivity index (χ0n) is 31.6. The molecular formula is C40H48F2N6O8S. The van der Waals surface area contributed by atoms with E-state index < -0.39 is 86.1 Å². The molecule has 4 amide bonds. The monoisotopic (exact) mass is 810 g/mol. The number of carbonyl (C=O) groups excluding carboxylic acids is 4. The summed E-state index contributed by atoms with van der Waals surface area (Å²) in [6, 6.07) is 5.47. The highest BCUT2D eigenvalue weighted by atomic mass is 32.2. The second-order valence-electron chi connectivity index (χ2n) is 16.6. The molecule has 3 aliphatic heterocycles. The lowest BCUT2D eigenvalue weighted by atomic mass is 9.66. The van der Waals surface area contributed by atoms with Crippen molar-refractivity contribution in [1.82, 2.24) is 30.2 Å². The Bertz CT molecular complexity index is 2110. The number of hydrogen-bond donors (Lipinski definition) is 3. The summed E-state index contributed by atoms with van der Waals surface area (Å²) in [5, 5.41) is 4.90. The number of sulfonamides is 1. The normalized spacial score (nSPS) is 31.6. The Morgan fingerprint density at radius 3 is 2.44 bits per heavy atom. The summed E-state index contributed by atoms with van der Waals surface area (Å²) in [5.74, 6) is -8.02. The average molecular weight is 811 g/mol. The molecule has 1 aromatic carbocycles. The number of amides is 4. The highest BCUT2D eigenvalue weighted by Gasteiger charge is 2.62. The van der Waals surface area contributed by atoms with E-state index in [1.54, 1.807) is 24.3 Å². The Labute approximate surface area is 329 Å². The SMILES string of the molecule is O=C1N[C@H]2CCCCC/C=C/[C@@H]3C[C@]3(C(=O)NS(=O)(=O)C3CC3)NC(=O)C3CN(C[C@@H]3Oc3nc4ccccc4nc3C(F)(F)/C=C/CCC3(CCC3)CO1)C2=O. The molecule has 1 spiro atoms. The van der Waals surface area contributed by atoms with E-state index in [0.29, 0.717) is 38.5 Å². The number of rotatable bonds is 3. The van der Waals surface area contributed by atoms with Crippen molar-refractivity contribution in [1.29, 1.82) is 0 Å². The molecule has 5 atom stereocenters. The van der Waals surface area contributed by atoms with Crippen LogP contribution in [0.3, 0.4) is 0 Å². The molecule has 4 bridgehead atoms. The molecular weight excluding hydrogens is 763 g/mol. The Morgan fingerprint density at radius 1 is 0.930 bits per heavy atom. The average Bonchev–Trinajstić information content (AvgIpc) is 4.09. The second kappa shape index (κ2) is 15.3. The molecule has 2 aromatic rings. The Kier molecular flexibility index (Phi) is 10.5. The fourth-order valence-corrected chi connectivity index (χ4v) is 9.86. The molecule has 3 aliphatic carbocycles. The fraction of sp³-hybridized carbons (Fsp3) is 0.600. The van der Waals surface area contributed by atoms with Gasteiger partial charge in [0.25, 0.3) is 5.91 Å². The minimum Gasteiger partial charge on any atom is -0.470 e. The number of benzene rings is 1. The predicted molar refractivity (Wildman–Crippen MR) is 202 cm³/mol. The molecule has 6 aliphatic rings. The maximum absolute atomic E-state index is 16.3. The molecule has 17 heteroatoms. The topological polar surface area (TPSA) is 186 Å². The number of cyclic esters (lactones) is 1. The number of hydrogen-bond acceptors (Lipinski definition) is 10. The van der Waals surface area contributed by atoms with Gasteiger partial charge >= 0.3 is 12.0 Å². The zero-order valence-corrected chi connectivity index (χ0v) is 32.4. The third-order valence-electron chi connectivity index (χ3n) is 12.4. The molecule has 306 valence electrons. The van der Waals surface area contributed by atoms with Crippen LogP contribution < -0.4 is 20.1 Å². The van der Waals surface area contributed by atoms with E-state index in [1.807, 2.05) is 12.2 Å². The van der Waals surface area contributed by atoms with Gasteiger partial charge in [0.2, 0.25) is 27.7 Å². The summed E-state index contributed by atoms with van der Waals surface area (Å²) >= 11 is 0. The minimum atomic E-state index is -3.96. The van der Waals surface area contributed by atoms with Gasteiger partial charge in [-0.15, -0.1) is 0 Å². The van der Waals surface area contributed by atoms with Crippen LogP contribution in [-0.4, -0.2) is 89.7 Å². The van der Waals surface area contributed by atoms with Gasteiger partial charge in [-0.3, -0.25) is 19.1 Å². The van der Waals surface area contributed by atoms with Gasteiger partial charge in [0.1, 0.15) is 17.7 Å². The molecule has 8 rings (SSSR count). The van der Waals surface area contributed by atoms with Gasteiger partial charge in [0.05, 0.1) is 35.4 Å². The van der Waals surface area contributed by atoms with Crippen LogP contribution in [0.2, 0.25) is 0 Å². The van der Waals surface area contributed by atoms with E-state index in [2.05, 4.69) is 25.3 Å². The smallest absolute Gasteiger partial charge is 0.407 e. The summed E-state index contributed by atoms with van der Waals surface area (Å²) in [4.78, 5) is 65.9. The first-order valence-corrected chi connectivity index (χ1v) is 21.6. The van der Waals surface area contributed by atoms with Crippen LogP contribution in [0.5, 0.6) is 5.88 Å². The summed E-state index contributed by atoms with van der Waals surface area (Å²) < 4.78 is 72.4. The summed E-state index contributed by atoms with van der Waals surface area (Å²) in [5.41, 5.74) is -2.25. The van der Waals surface area contributed by atoms with Crippen molar-refractivity contribution in [2.24, 2.45) is 17.3 Å². The number of allylic oxidation sites excluding steroid dienone is 3. The number of nitrogens with one attached hydrogen (secondary N) is 3. The molecule has 1 unspecified atom stereocenters. The molecule has 0 radical (unpaired) electrons. The van der Waals surface area contributed by atoms with E-state index in [1.165, 1.54) is 11.0 Å². The highest BCUT2D eigenvalue weighted by Crippen LogP contribution is 2.47. The van der Waals surface area contributed by atoms with Gasteiger partial charge in [-0.2, -0.15) is 8.78 Å². The van der Waals surface area contributed by atoms with Gasteiger partial charge in [0.15, 0.2) is 5.69 Å². The molecule has 1 aromatic heterocycles. The number of para-hydroxylation sites is 2. The molecule has 4 heterocycles. The van der Waals surface area contributed by atoms with E-state index in [0.717, 1.165) is 38.2 Å². The highest BCUT2D eigenvalue weighted by molar-refractivity contribution is 7.91. The van der Waals surface area contributed by atoms with Crippen LogP contribution in [0.1, 0.15) is 89.2 Å². The summed E-state index contributed by atoms with van der Waals surface area (Å²) in [6.45, 7) is -0.422. The number of halogens is 2. The lowest BCUT2D eigenvalue weighted by Gasteiger charge is -2.41. The van der Waals surface area contributed by atoms with Crippen molar-refractivity contribution >= 4 is 44.9 Å². The van der Waals surface area contributed by atoms with Crippen LogP contribution in [0.25, 0.3) is 11.0 Å². The van der Waals surface area contributed by atoms with Crippen LogP contribution >= 0.6 is 0 Å². The van der Waals surface area contributed by atoms with E-state index in [-0.39, 0.29) is 49.0 Å². The van der Waals surface area contributed by atoms with E-state index >= 15 is 8.78 Å². The van der Waals surface area contributed by atoms with Crippen molar-refractivity contribution in [3.8, 4) is 5.88 Å². The molecule has 3 N–H and O–H groups in total. The van der Waals surface area contributed by atoms with Crippen molar-refractivity contribution in [2.75, 3.05) is 19.7 Å². The number of carbonyl (C=O) groups is 4. The lowest BCUT2D eigenvalue weighted by molar-refractivity contribution is -0.134. The van der Waals surface area contributed by atoms with E-state index in [9.17, 15) is 27.6 Å². The van der Waals surface area contributed by atoms with Crippen LogP contribution in [0.15, 0.2) is 48.6 Å². The van der Waals surface area contributed by atoms with Crippen LogP contribution in [0, 0.1) is 17.3 Å². The maximum Gasteiger partial charge on any atom is 0.407 e. The van der Waals surface area contributed by atoms with Crippen molar-refractivity contribution in [3.63, 3.8) is 0 Å². The Morgan fingerprint density at radius 2 is 1.70 bits per heavy atom. The number of ether oxygens (including phenoxy) is 2.